The summed E-state index contributed by atoms with van der Waals surface area (Å²) in [5.74, 6) is -1.33. The van der Waals surface area contributed by atoms with Crippen LogP contribution in [0.5, 0.6) is 5.88 Å². The molecular weight excluding hydrogens is 284 g/mol. The fourth-order valence-electron chi connectivity index (χ4n) is 2.05. The van der Waals surface area contributed by atoms with Crippen LogP contribution >= 0.6 is 0 Å². The van der Waals surface area contributed by atoms with Crippen molar-refractivity contribution in [3.63, 3.8) is 0 Å². The Balaban J connectivity index is 2.28. The smallest absolute Gasteiger partial charge is 0.323 e. The zero-order valence-electron chi connectivity index (χ0n) is 12.1. The SMILES string of the molecule is COc1ncccc1C(=O)N(CC(=O)O)Cc1ccccc1. The summed E-state index contributed by atoms with van der Waals surface area (Å²) >= 11 is 0. The highest BCUT2D eigenvalue weighted by Crippen LogP contribution is 2.17. The number of pyridine rings is 1. The summed E-state index contributed by atoms with van der Waals surface area (Å²) in [6.45, 7) is -0.199. The van der Waals surface area contributed by atoms with Gasteiger partial charge in [0, 0.05) is 12.7 Å². The van der Waals surface area contributed by atoms with Crippen LogP contribution in [-0.4, -0.2) is 40.5 Å². The Kier molecular flexibility index (Phi) is 5.08. The molecule has 22 heavy (non-hydrogen) atoms. The predicted molar refractivity (Wildman–Crippen MR) is 79.6 cm³/mol. The number of carboxylic acids is 1. The zero-order chi connectivity index (χ0) is 15.9. The normalized spacial score (nSPS) is 10.0. The molecule has 0 radical (unpaired) electrons. The van der Waals surface area contributed by atoms with Crippen LogP contribution in [-0.2, 0) is 11.3 Å². The maximum absolute atomic E-state index is 12.6. The summed E-state index contributed by atoms with van der Waals surface area (Å²) in [6, 6.07) is 12.4. The molecule has 1 amide bonds. The first-order chi connectivity index (χ1) is 10.6. The Morgan fingerprint density at radius 2 is 1.91 bits per heavy atom. The number of benzene rings is 1. The monoisotopic (exact) mass is 300 g/mol. The van der Waals surface area contributed by atoms with E-state index in [1.807, 2.05) is 30.3 Å². The van der Waals surface area contributed by atoms with Crippen LogP contribution in [0.15, 0.2) is 48.7 Å². The van der Waals surface area contributed by atoms with Gasteiger partial charge >= 0.3 is 5.97 Å². The van der Waals surface area contributed by atoms with Crippen molar-refractivity contribution in [1.29, 1.82) is 0 Å². The Morgan fingerprint density at radius 1 is 1.18 bits per heavy atom. The molecule has 0 fully saturated rings. The van der Waals surface area contributed by atoms with Crippen LogP contribution in [0.3, 0.4) is 0 Å². The number of hydrogen-bond acceptors (Lipinski definition) is 4. The van der Waals surface area contributed by atoms with Crippen LogP contribution in [0.1, 0.15) is 15.9 Å². The average Bonchev–Trinajstić information content (AvgIpc) is 2.54. The molecule has 1 aromatic carbocycles. The van der Waals surface area contributed by atoms with Crippen molar-refractivity contribution >= 4 is 11.9 Å². The van der Waals surface area contributed by atoms with Gasteiger partial charge in [-0.1, -0.05) is 30.3 Å². The van der Waals surface area contributed by atoms with Crippen molar-refractivity contribution in [2.45, 2.75) is 6.54 Å². The third-order valence-electron chi connectivity index (χ3n) is 3.02. The molecule has 0 spiro atoms. The van der Waals surface area contributed by atoms with Crippen LogP contribution < -0.4 is 4.74 Å². The molecule has 0 saturated carbocycles. The first-order valence-electron chi connectivity index (χ1n) is 6.66. The van der Waals surface area contributed by atoms with Gasteiger partial charge in [0.1, 0.15) is 12.1 Å². The van der Waals surface area contributed by atoms with Crippen molar-refractivity contribution in [3.8, 4) is 5.88 Å². The molecule has 0 unspecified atom stereocenters. The van der Waals surface area contributed by atoms with Crippen LogP contribution in [0, 0.1) is 0 Å². The number of carbonyl (C=O) groups excluding carboxylic acids is 1. The molecule has 6 heteroatoms. The van der Waals surface area contributed by atoms with E-state index in [4.69, 9.17) is 9.84 Å². The molecule has 0 aliphatic carbocycles. The summed E-state index contributed by atoms with van der Waals surface area (Å²) in [5, 5.41) is 9.04. The summed E-state index contributed by atoms with van der Waals surface area (Å²) in [4.78, 5) is 28.9. The van der Waals surface area contributed by atoms with E-state index in [0.29, 0.717) is 0 Å². The number of aliphatic carboxylic acids is 1. The van der Waals surface area contributed by atoms with Crippen LogP contribution in [0.4, 0.5) is 0 Å². The Bertz CT molecular complexity index is 658. The number of methoxy groups -OCH3 is 1. The molecule has 1 heterocycles. The third kappa shape index (κ3) is 3.82. The fourth-order valence-corrected chi connectivity index (χ4v) is 2.05. The van der Waals surface area contributed by atoms with E-state index in [1.165, 1.54) is 18.2 Å². The first kappa shape index (κ1) is 15.5. The average molecular weight is 300 g/mol. The van der Waals surface area contributed by atoms with Gasteiger partial charge < -0.3 is 14.7 Å². The second kappa shape index (κ2) is 7.21. The van der Waals surface area contributed by atoms with E-state index in [-0.39, 0.29) is 18.0 Å². The molecule has 1 aromatic heterocycles. The topological polar surface area (TPSA) is 79.7 Å². The van der Waals surface area contributed by atoms with Crippen molar-refractivity contribution in [2.75, 3.05) is 13.7 Å². The lowest BCUT2D eigenvalue weighted by Crippen LogP contribution is -2.35. The predicted octanol–water partition coefficient (Wildman–Crippen LogP) is 1.82. The second-order valence-corrected chi connectivity index (χ2v) is 4.60. The lowest BCUT2D eigenvalue weighted by Gasteiger charge is -2.21. The van der Waals surface area contributed by atoms with E-state index in [1.54, 1.807) is 12.1 Å². The number of carbonyl (C=O) groups is 2. The highest BCUT2D eigenvalue weighted by Gasteiger charge is 2.22. The third-order valence-corrected chi connectivity index (χ3v) is 3.02. The van der Waals surface area contributed by atoms with Gasteiger partial charge in [-0.3, -0.25) is 9.59 Å². The molecule has 0 saturated heterocycles. The Labute approximate surface area is 128 Å². The van der Waals surface area contributed by atoms with E-state index < -0.39 is 18.4 Å². The van der Waals surface area contributed by atoms with Crippen molar-refractivity contribution in [3.05, 3.63) is 59.8 Å². The lowest BCUT2D eigenvalue weighted by atomic mass is 10.2. The lowest BCUT2D eigenvalue weighted by molar-refractivity contribution is -0.137. The summed E-state index contributed by atoms with van der Waals surface area (Å²) in [5.41, 5.74) is 1.09. The van der Waals surface area contributed by atoms with Crippen molar-refractivity contribution < 1.29 is 19.4 Å². The number of aromatic nitrogens is 1. The number of amides is 1. The van der Waals surface area contributed by atoms with Gasteiger partial charge in [-0.05, 0) is 17.7 Å². The summed E-state index contributed by atoms with van der Waals surface area (Å²) in [6.07, 6.45) is 1.51. The van der Waals surface area contributed by atoms with E-state index >= 15 is 0 Å². The number of ether oxygens (including phenoxy) is 1. The standard InChI is InChI=1S/C16H16N2O4/c1-22-15-13(8-5-9-17-15)16(21)18(11-14(19)20)10-12-6-3-2-4-7-12/h2-9H,10-11H2,1H3,(H,19,20). The molecule has 1 N–H and O–H groups in total. The molecule has 2 aromatic rings. The minimum absolute atomic E-state index is 0.177. The summed E-state index contributed by atoms with van der Waals surface area (Å²) in [7, 11) is 1.41. The Morgan fingerprint density at radius 3 is 2.55 bits per heavy atom. The minimum Gasteiger partial charge on any atom is -0.480 e. The van der Waals surface area contributed by atoms with Gasteiger partial charge in [0.15, 0.2) is 0 Å². The highest BCUT2D eigenvalue weighted by atomic mass is 16.5. The number of carboxylic acid groups (broad SMARTS) is 1. The van der Waals surface area contributed by atoms with Gasteiger partial charge in [0.2, 0.25) is 5.88 Å². The molecule has 0 bridgehead atoms. The van der Waals surface area contributed by atoms with Gasteiger partial charge in [-0.25, -0.2) is 4.98 Å². The highest BCUT2D eigenvalue weighted by molar-refractivity contribution is 5.97. The van der Waals surface area contributed by atoms with Crippen molar-refractivity contribution in [2.24, 2.45) is 0 Å². The molecular formula is C16H16N2O4. The van der Waals surface area contributed by atoms with Crippen molar-refractivity contribution in [1.82, 2.24) is 9.88 Å². The molecule has 114 valence electrons. The molecule has 6 nitrogen and oxygen atoms in total. The van der Waals surface area contributed by atoms with Crippen LogP contribution in [0.25, 0.3) is 0 Å². The second-order valence-electron chi connectivity index (χ2n) is 4.60. The van der Waals surface area contributed by atoms with Gasteiger partial charge in [-0.2, -0.15) is 0 Å². The molecule has 0 atom stereocenters. The van der Waals surface area contributed by atoms with Gasteiger partial charge in [0.25, 0.3) is 5.91 Å². The maximum atomic E-state index is 12.6. The first-order valence-corrected chi connectivity index (χ1v) is 6.66. The van der Waals surface area contributed by atoms with Gasteiger partial charge in [0.05, 0.1) is 7.11 Å². The van der Waals surface area contributed by atoms with Crippen LogP contribution in [0.2, 0.25) is 0 Å². The Hall–Kier alpha value is -2.89. The number of hydrogen-bond donors (Lipinski definition) is 1. The van der Waals surface area contributed by atoms with E-state index in [2.05, 4.69) is 4.98 Å². The molecule has 0 aliphatic heterocycles. The number of nitrogens with zero attached hydrogens (tertiary/aromatic N) is 2. The zero-order valence-corrected chi connectivity index (χ0v) is 12.1. The summed E-state index contributed by atoms with van der Waals surface area (Å²) < 4.78 is 5.07. The fraction of sp³-hybridized carbons (Fsp3) is 0.188. The maximum Gasteiger partial charge on any atom is 0.323 e. The van der Waals surface area contributed by atoms with Gasteiger partial charge in [-0.15, -0.1) is 0 Å². The molecule has 2 rings (SSSR count). The quantitative estimate of drug-likeness (QED) is 0.880. The van der Waals surface area contributed by atoms with E-state index in [9.17, 15) is 9.59 Å². The van der Waals surface area contributed by atoms with E-state index in [0.717, 1.165) is 5.56 Å². The number of rotatable bonds is 6. The largest absolute Gasteiger partial charge is 0.480 e. The molecule has 0 aliphatic rings. The minimum atomic E-state index is -1.08.